The molecule has 6 heteroatoms. The second kappa shape index (κ2) is 9.66. The van der Waals surface area contributed by atoms with E-state index in [0.29, 0.717) is 11.7 Å². The quantitative estimate of drug-likeness (QED) is 0.225. The highest BCUT2D eigenvalue weighted by Gasteiger charge is 2.03. The zero-order valence-corrected chi connectivity index (χ0v) is 17.9. The monoisotopic (exact) mass is 489 g/mol. The SMILES string of the molecule is CCNC(=S)NN=Cc1ccc(OCc2ccc3ccccc3c2)c(I)c1. The lowest BCUT2D eigenvalue weighted by molar-refractivity contribution is 0.304. The van der Waals surface area contributed by atoms with Gasteiger partial charge in [0, 0.05) is 6.54 Å². The lowest BCUT2D eigenvalue weighted by Gasteiger charge is -2.10. The average molecular weight is 489 g/mol. The minimum atomic E-state index is 0.513. The Morgan fingerprint density at radius 3 is 2.70 bits per heavy atom. The van der Waals surface area contributed by atoms with Crippen LogP contribution in [0.2, 0.25) is 0 Å². The summed E-state index contributed by atoms with van der Waals surface area (Å²) >= 11 is 7.34. The van der Waals surface area contributed by atoms with Gasteiger partial charge in [0.05, 0.1) is 9.78 Å². The van der Waals surface area contributed by atoms with Crippen molar-refractivity contribution in [2.75, 3.05) is 6.54 Å². The minimum Gasteiger partial charge on any atom is -0.488 e. The van der Waals surface area contributed by atoms with Gasteiger partial charge in [-0.3, -0.25) is 5.43 Å². The third kappa shape index (κ3) is 5.64. The second-order valence-corrected chi connectivity index (χ2v) is 7.46. The van der Waals surface area contributed by atoms with Gasteiger partial charge in [0.15, 0.2) is 5.11 Å². The molecule has 0 saturated heterocycles. The van der Waals surface area contributed by atoms with Gasteiger partial charge in [-0.15, -0.1) is 0 Å². The maximum absolute atomic E-state index is 6.00. The summed E-state index contributed by atoms with van der Waals surface area (Å²) in [6.07, 6.45) is 1.74. The van der Waals surface area contributed by atoms with E-state index in [4.69, 9.17) is 17.0 Å². The van der Waals surface area contributed by atoms with Crippen molar-refractivity contribution in [2.24, 2.45) is 5.10 Å². The van der Waals surface area contributed by atoms with Gasteiger partial charge in [-0.25, -0.2) is 0 Å². The summed E-state index contributed by atoms with van der Waals surface area (Å²) in [5.41, 5.74) is 4.91. The Morgan fingerprint density at radius 2 is 1.93 bits per heavy atom. The van der Waals surface area contributed by atoms with Crippen molar-refractivity contribution in [3.05, 3.63) is 75.4 Å². The standard InChI is InChI=1S/C21H20IN3OS/c1-2-23-21(27)25-24-13-15-8-10-20(19(22)12-15)26-14-16-7-9-17-5-3-4-6-18(17)11-16/h3-13H,2,14H2,1H3,(H2,23,25,27). The number of halogens is 1. The smallest absolute Gasteiger partial charge is 0.186 e. The molecule has 0 aliphatic heterocycles. The van der Waals surface area contributed by atoms with Crippen LogP contribution < -0.4 is 15.5 Å². The summed E-state index contributed by atoms with van der Waals surface area (Å²) < 4.78 is 7.04. The molecule has 0 aliphatic rings. The first kappa shape index (κ1) is 19.6. The molecule has 3 aromatic carbocycles. The van der Waals surface area contributed by atoms with Crippen LogP contribution in [0.4, 0.5) is 0 Å². The zero-order chi connectivity index (χ0) is 19.1. The van der Waals surface area contributed by atoms with Crippen LogP contribution in [0.3, 0.4) is 0 Å². The maximum Gasteiger partial charge on any atom is 0.186 e. The predicted octanol–water partition coefficient (Wildman–Crippen LogP) is 4.84. The molecule has 0 aliphatic carbocycles. The van der Waals surface area contributed by atoms with Gasteiger partial charge in [0.2, 0.25) is 0 Å². The first-order chi connectivity index (χ1) is 13.2. The Bertz CT molecular complexity index is 975. The van der Waals surface area contributed by atoms with Crippen molar-refractivity contribution in [3.8, 4) is 5.75 Å². The first-order valence-corrected chi connectivity index (χ1v) is 10.1. The van der Waals surface area contributed by atoms with E-state index in [-0.39, 0.29) is 0 Å². The molecule has 0 radical (unpaired) electrons. The average Bonchev–Trinajstić information content (AvgIpc) is 2.67. The Kier molecular flexibility index (Phi) is 7.00. The van der Waals surface area contributed by atoms with Gasteiger partial charge in [0.1, 0.15) is 12.4 Å². The van der Waals surface area contributed by atoms with E-state index < -0.39 is 0 Å². The van der Waals surface area contributed by atoms with Gasteiger partial charge in [-0.05, 0) is 87.9 Å². The highest BCUT2D eigenvalue weighted by atomic mass is 127. The number of hydrogen-bond acceptors (Lipinski definition) is 3. The third-order valence-electron chi connectivity index (χ3n) is 3.88. The Morgan fingerprint density at radius 1 is 1.11 bits per heavy atom. The largest absolute Gasteiger partial charge is 0.488 e. The van der Waals surface area contributed by atoms with E-state index in [9.17, 15) is 0 Å². The molecule has 0 saturated carbocycles. The van der Waals surface area contributed by atoms with Crippen molar-refractivity contribution >= 4 is 56.9 Å². The Balaban J connectivity index is 1.61. The molecule has 0 unspecified atom stereocenters. The second-order valence-electron chi connectivity index (χ2n) is 5.89. The molecule has 0 atom stereocenters. The van der Waals surface area contributed by atoms with Crippen LogP contribution in [0.25, 0.3) is 10.8 Å². The molecule has 2 N–H and O–H groups in total. The van der Waals surface area contributed by atoms with Crippen molar-refractivity contribution in [1.82, 2.24) is 10.7 Å². The number of fused-ring (bicyclic) bond motifs is 1. The minimum absolute atomic E-state index is 0.513. The Labute approximate surface area is 178 Å². The number of hydrogen-bond donors (Lipinski definition) is 2. The number of thiocarbonyl (C=S) groups is 1. The van der Waals surface area contributed by atoms with Crippen LogP contribution in [-0.2, 0) is 6.61 Å². The van der Waals surface area contributed by atoms with Crippen molar-refractivity contribution in [1.29, 1.82) is 0 Å². The van der Waals surface area contributed by atoms with Gasteiger partial charge in [-0.1, -0.05) is 36.4 Å². The molecular weight excluding hydrogens is 469 g/mol. The van der Waals surface area contributed by atoms with Crippen molar-refractivity contribution in [2.45, 2.75) is 13.5 Å². The highest BCUT2D eigenvalue weighted by Crippen LogP contribution is 2.23. The summed E-state index contributed by atoms with van der Waals surface area (Å²) in [5.74, 6) is 0.858. The molecule has 3 aromatic rings. The molecule has 3 rings (SSSR count). The number of hydrazone groups is 1. The molecule has 138 valence electrons. The van der Waals surface area contributed by atoms with Crippen LogP contribution >= 0.6 is 34.8 Å². The Hall–Kier alpha value is -2.19. The molecule has 0 heterocycles. The van der Waals surface area contributed by atoms with Crippen LogP contribution in [0.5, 0.6) is 5.75 Å². The molecule has 0 spiro atoms. The number of benzene rings is 3. The number of nitrogens with one attached hydrogen (secondary N) is 2. The summed E-state index contributed by atoms with van der Waals surface area (Å²) in [5, 5.41) is 10.1. The summed E-state index contributed by atoms with van der Waals surface area (Å²) in [4.78, 5) is 0. The third-order valence-corrected chi connectivity index (χ3v) is 4.96. The fourth-order valence-corrected chi connectivity index (χ4v) is 3.46. The fourth-order valence-electron chi connectivity index (χ4n) is 2.57. The molecular formula is C21H20IN3OS. The fraction of sp³-hybridized carbons (Fsp3) is 0.143. The van der Waals surface area contributed by atoms with Crippen molar-refractivity contribution in [3.63, 3.8) is 0 Å². The van der Waals surface area contributed by atoms with E-state index in [0.717, 1.165) is 27.0 Å². The van der Waals surface area contributed by atoms with Crippen LogP contribution in [-0.4, -0.2) is 17.9 Å². The van der Waals surface area contributed by atoms with Crippen LogP contribution in [0.15, 0.2) is 65.8 Å². The lowest BCUT2D eigenvalue weighted by Crippen LogP contribution is -2.31. The highest BCUT2D eigenvalue weighted by molar-refractivity contribution is 14.1. The first-order valence-electron chi connectivity index (χ1n) is 8.62. The topological polar surface area (TPSA) is 45.7 Å². The van der Waals surface area contributed by atoms with Gasteiger partial charge in [-0.2, -0.15) is 5.10 Å². The molecule has 4 nitrogen and oxygen atoms in total. The molecule has 0 amide bonds. The van der Waals surface area contributed by atoms with Gasteiger partial charge >= 0.3 is 0 Å². The molecule has 0 aromatic heterocycles. The molecule has 0 fully saturated rings. The maximum atomic E-state index is 6.00. The number of rotatable bonds is 6. The lowest BCUT2D eigenvalue weighted by atomic mass is 10.1. The predicted molar refractivity (Wildman–Crippen MR) is 124 cm³/mol. The van der Waals surface area contributed by atoms with Crippen LogP contribution in [0.1, 0.15) is 18.1 Å². The number of ether oxygens (including phenoxy) is 1. The van der Waals surface area contributed by atoms with E-state index in [2.05, 4.69) is 80.9 Å². The van der Waals surface area contributed by atoms with E-state index >= 15 is 0 Å². The van der Waals surface area contributed by atoms with Gasteiger partial charge in [0.25, 0.3) is 0 Å². The number of nitrogens with zero attached hydrogens (tertiary/aromatic N) is 1. The molecule has 0 bridgehead atoms. The van der Waals surface area contributed by atoms with E-state index in [1.807, 2.05) is 25.1 Å². The van der Waals surface area contributed by atoms with Gasteiger partial charge < -0.3 is 10.1 Å². The zero-order valence-electron chi connectivity index (χ0n) is 14.9. The normalized spacial score (nSPS) is 10.9. The van der Waals surface area contributed by atoms with Crippen LogP contribution in [0, 0.1) is 3.57 Å². The van der Waals surface area contributed by atoms with E-state index in [1.165, 1.54) is 10.8 Å². The van der Waals surface area contributed by atoms with E-state index in [1.54, 1.807) is 6.21 Å². The summed E-state index contributed by atoms with van der Waals surface area (Å²) in [7, 11) is 0. The van der Waals surface area contributed by atoms with Crippen molar-refractivity contribution < 1.29 is 4.74 Å². The molecule has 27 heavy (non-hydrogen) atoms. The summed E-state index contributed by atoms with van der Waals surface area (Å²) in [6, 6.07) is 20.7. The summed E-state index contributed by atoms with van der Waals surface area (Å²) in [6.45, 7) is 3.28.